The molecule has 1 aliphatic heterocycles. The van der Waals surface area contributed by atoms with E-state index in [0.717, 1.165) is 12.1 Å². The second kappa shape index (κ2) is 8.78. The fraction of sp³-hybridized carbons (Fsp3) is 0.235. The molecule has 3 rings (SSSR count). The number of thiocarbonyl (C=S) groups is 1. The number of hydrogen-bond donors (Lipinski definition) is 2. The van der Waals surface area contributed by atoms with Crippen LogP contribution in [0, 0.1) is 15.9 Å². The van der Waals surface area contributed by atoms with Gasteiger partial charge in [0.1, 0.15) is 11.5 Å². The van der Waals surface area contributed by atoms with Crippen LogP contribution in [0.5, 0.6) is 0 Å². The van der Waals surface area contributed by atoms with Crippen molar-refractivity contribution in [3.8, 4) is 0 Å². The highest BCUT2D eigenvalue weighted by Crippen LogP contribution is 2.25. The predicted octanol–water partition coefficient (Wildman–Crippen LogP) is 2.56. The van der Waals surface area contributed by atoms with Crippen molar-refractivity contribution in [3.05, 3.63) is 58.4 Å². The monoisotopic (exact) mass is 440 g/mol. The molecule has 1 aliphatic rings. The average Bonchev–Trinajstić information content (AvgIpc) is 2.70. The minimum Gasteiger partial charge on any atom is -0.379 e. The molecule has 1 saturated heterocycles. The molecule has 0 aliphatic carbocycles. The van der Waals surface area contributed by atoms with Crippen LogP contribution in [0.4, 0.5) is 21.5 Å². The van der Waals surface area contributed by atoms with E-state index in [-0.39, 0.29) is 15.7 Å². The molecule has 0 atom stereocenters. The molecule has 1 fully saturated rings. The van der Waals surface area contributed by atoms with Crippen molar-refractivity contribution < 1.29 is 22.5 Å². The average molecular weight is 440 g/mol. The summed E-state index contributed by atoms with van der Waals surface area (Å²) in [6.07, 6.45) is 0. The van der Waals surface area contributed by atoms with Gasteiger partial charge in [0.2, 0.25) is 10.0 Å². The molecule has 9 nitrogen and oxygen atoms in total. The summed E-state index contributed by atoms with van der Waals surface area (Å²) in [5.74, 6) is -0.738. The van der Waals surface area contributed by atoms with E-state index in [1.54, 1.807) is 0 Å². The molecule has 154 valence electrons. The molecular formula is C17H17FN4O5S2. The van der Waals surface area contributed by atoms with E-state index < -0.39 is 26.5 Å². The first-order chi connectivity index (χ1) is 13.8. The van der Waals surface area contributed by atoms with Gasteiger partial charge in [-0.15, -0.1) is 0 Å². The number of nitrogens with one attached hydrogen (secondary N) is 2. The number of nitrogens with zero attached hydrogens (tertiary/aromatic N) is 2. The Hall–Kier alpha value is -2.67. The molecule has 0 unspecified atom stereocenters. The summed E-state index contributed by atoms with van der Waals surface area (Å²) in [4.78, 5) is 10.5. The third-order valence-electron chi connectivity index (χ3n) is 4.12. The number of rotatable bonds is 5. The van der Waals surface area contributed by atoms with E-state index in [1.807, 2.05) is 0 Å². The van der Waals surface area contributed by atoms with Gasteiger partial charge in [-0.3, -0.25) is 10.1 Å². The third kappa shape index (κ3) is 5.03. The lowest BCUT2D eigenvalue weighted by Gasteiger charge is -2.26. The Morgan fingerprint density at radius 1 is 1.14 bits per heavy atom. The Morgan fingerprint density at radius 3 is 2.41 bits per heavy atom. The zero-order chi connectivity index (χ0) is 21.0. The Balaban J connectivity index is 1.68. The van der Waals surface area contributed by atoms with Crippen LogP contribution in [0.3, 0.4) is 0 Å². The Bertz CT molecular complexity index is 1020. The molecule has 0 spiro atoms. The summed E-state index contributed by atoms with van der Waals surface area (Å²) in [5.41, 5.74) is 0.0507. The summed E-state index contributed by atoms with van der Waals surface area (Å²) in [5, 5.41) is 16.5. The van der Waals surface area contributed by atoms with Crippen LogP contribution in [0.15, 0.2) is 47.4 Å². The first-order valence-corrected chi connectivity index (χ1v) is 10.3. The standard InChI is InChI=1S/C17H17FN4O5S2/c18-12-1-6-15(16(11-12)22(23)24)20-17(28)19-13-2-4-14(5-3-13)29(25,26)21-7-9-27-10-8-21/h1-6,11H,7-10H2,(H2,19,20,28). The highest BCUT2D eigenvalue weighted by molar-refractivity contribution is 7.89. The predicted molar refractivity (Wildman–Crippen MR) is 109 cm³/mol. The van der Waals surface area contributed by atoms with E-state index in [9.17, 15) is 22.9 Å². The van der Waals surface area contributed by atoms with Crippen LogP contribution in [0.1, 0.15) is 0 Å². The van der Waals surface area contributed by atoms with Crippen molar-refractivity contribution in [2.75, 3.05) is 36.9 Å². The first-order valence-electron chi connectivity index (χ1n) is 8.47. The van der Waals surface area contributed by atoms with Crippen molar-refractivity contribution in [3.63, 3.8) is 0 Å². The molecule has 0 saturated carbocycles. The maximum atomic E-state index is 13.2. The van der Waals surface area contributed by atoms with Crippen molar-refractivity contribution >= 4 is 44.4 Å². The molecule has 12 heteroatoms. The quantitative estimate of drug-likeness (QED) is 0.414. The minimum absolute atomic E-state index is 0.0282. The van der Waals surface area contributed by atoms with E-state index in [0.29, 0.717) is 32.0 Å². The van der Waals surface area contributed by atoms with Crippen molar-refractivity contribution in [2.24, 2.45) is 0 Å². The van der Waals surface area contributed by atoms with Gasteiger partial charge in [-0.1, -0.05) is 0 Å². The van der Waals surface area contributed by atoms with E-state index in [1.165, 1.54) is 34.6 Å². The van der Waals surface area contributed by atoms with Crippen molar-refractivity contribution in [1.82, 2.24) is 4.31 Å². The molecule has 0 amide bonds. The summed E-state index contributed by atoms with van der Waals surface area (Å²) in [6.45, 7) is 1.31. The smallest absolute Gasteiger partial charge is 0.295 e. The second-order valence-electron chi connectivity index (χ2n) is 6.04. The number of hydrogen-bond acceptors (Lipinski definition) is 6. The number of benzene rings is 2. The van der Waals surface area contributed by atoms with Crippen LogP contribution < -0.4 is 10.6 Å². The molecule has 0 aromatic heterocycles. The van der Waals surface area contributed by atoms with Gasteiger partial charge in [-0.2, -0.15) is 4.31 Å². The number of nitro groups is 1. The van der Waals surface area contributed by atoms with E-state index >= 15 is 0 Å². The summed E-state index contributed by atoms with van der Waals surface area (Å²) in [7, 11) is -3.61. The van der Waals surface area contributed by atoms with E-state index in [4.69, 9.17) is 17.0 Å². The molecule has 0 radical (unpaired) electrons. The highest BCUT2D eigenvalue weighted by atomic mass is 32.2. The van der Waals surface area contributed by atoms with Crippen LogP contribution in [-0.2, 0) is 14.8 Å². The maximum absolute atomic E-state index is 13.2. The third-order valence-corrected chi connectivity index (χ3v) is 6.24. The van der Waals surface area contributed by atoms with Crippen LogP contribution in [0.2, 0.25) is 0 Å². The summed E-state index contributed by atoms with van der Waals surface area (Å²) >= 11 is 5.13. The fourth-order valence-electron chi connectivity index (χ4n) is 2.69. The van der Waals surface area contributed by atoms with Gasteiger partial charge in [0.25, 0.3) is 5.69 Å². The first kappa shape index (κ1) is 21.0. The number of sulfonamides is 1. The zero-order valence-electron chi connectivity index (χ0n) is 15.0. The van der Waals surface area contributed by atoms with Gasteiger partial charge >= 0.3 is 0 Å². The number of nitro benzene ring substituents is 1. The van der Waals surface area contributed by atoms with Crippen molar-refractivity contribution in [2.45, 2.75) is 4.90 Å². The molecule has 2 N–H and O–H groups in total. The molecule has 1 heterocycles. The number of halogens is 1. The lowest BCUT2D eigenvalue weighted by Crippen LogP contribution is -2.40. The van der Waals surface area contributed by atoms with Gasteiger partial charge in [0.15, 0.2) is 5.11 Å². The minimum atomic E-state index is -3.61. The topological polar surface area (TPSA) is 114 Å². The molecular weight excluding hydrogens is 423 g/mol. The van der Waals surface area contributed by atoms with Gasteiger partial charge in [-0.25, -0.2) is 12.8 Å². The van der Waals surface area contributed by atoms with E-state index in [2.05, 4.69) is 10.6 Å². The number of anilines is 2. The molecule has 2 aromatic rings. The largest absolute Gasteiger partial charge is 0.379 e. The Labute approximate surface area is 171 Å². The van der Waals surface area contributed by atoms with Crippen molar-refractivity contribution in [1.29, 1.82) is 0 Å². The molecule has 0 bridgehead atoms. The summed E-state index contributed by atoms with van der Waals surface area (Å²) in [6, 6.07) is 9.01. The van der Waals surface area contributed by atoms with Crippen LogP contribution >= 0.6 is 12.2 Å². The van der Waals surface area contributed by atoms with Gasteiger partial charge in [0.05, 0.1) is 29.1 Å². The Morgan fingerprint density at radius 2 is 1.79 bits per heavy atom. The Kier molecular flexibility index (Phi) is 6.37. The summed E-state index contributed by atoms with van der Waals surface area (Å²) < 4.78 is 45.0. The highest BCUT2D eigenvalue weighted by Gasteiger charge is 2.26. The number of morpholine rings is 1. The zero-order valence-corrected chi connectivity index (χ0v) is 16.6. The molecule has 2 aromatic carbocycles. The lowest BCUT2D eigenvalue weighted by molar-refractivity contribution is -0.384. The maximum Gasteiger partial charge on any atom is 0.295 e. The lowest BCUT2D eigenvalue weighted by atomic mass is 10.2. The van der Waals surface area contributed by atoms with Gasteiger partial charge in [0, 0.05) is 18.8 Å². The number of ether oxygens (including phenoxy) is 1. The fourth-order valence-corrected chi connectivity index (χ4v) is 4.33. The van der Waals surface area contributed by atoms with Crippen LogP contribution in [0.25, 0.3) is 0 Å². The van der Waals surface area contributed by atoms with Gasteiger partial charge < -0.3 is 15.4 Å². The second-order valence-corrected chi connectivity index (χ2v) is 8.38. The van der Waals surface area contributed by atoms with Gasteiger partial charge in [-0.05, 0) is 48.6 Å². The normalized spacial score (nSPS) is 14.9. The molecule has 29 heavy (non-hydrogen) atoms. The van der Waals surface area contributed by atoms with Crippen LogP contribution in [-0.4, -0.2) is 49.1 Å². The SMILES string of the molecule is O=[N+]([O-])c1cc(F)ccc1NC(=S)Nc1ccc(S(=O)(=O)N2CCOCC2)cc1.